The Morgan fingerprint density at radius 3 is 2.50 bits per heavy atom. The van der Waals surface area contributed by atoms with Crippen LogP contribution < -0.4 is 15.4 Å². The van der Waals surface area contributed by atoms with Gasteiger partial charge in [-0.1, -0.05) is 40.9 Å². The summed E-state index contributed by atoms with van der Waals surface area (Å²) in [7, 11) is 0. The molecule has 0 aliphatic rings. The van der Waals surface area contributed by atoms with Crippen molar-refractivity contribution in [2.45, 2.75) is 13.0 Å². The molecule has 24 heavy (non-hydrogen) atoms. The predicted molar refractivity (Wildman–Crippen MR) is 102 cm³/mol. The second kappa shape index (κ2) is 8.53. The zero-order valence-electron chi connectivity index (χ0n) is 12.5. The lowest BCUT2D eigenvalue weighted by Crippen LogP contribution is -2.42. The molecule has 1 amide bonds. The average Bonchev–Trinajstić information content (AvgIpc) is 2.49. The number of thiocarbonyl (C=S) groups is 1. The van der Waals surface area contributed by atoms with E-state index in [2.05, 4.69) is 10.6 Å². The number of ether oxygens (including phenoxy) is 1. The highest BCUT2D eigenvalue weighted by atomic mass is 35.5. The van der Waals surface area contributed by atoms with Crippen LogP contribution in [0.25, 0.3) is 0 Å². The van der Waals surface area contributed by atoms with Crippen molar-refractivity contribution in [2.75, 3.05) is 5.32 Å². The molecule has 2 rings (SSSR count). The Labute approximate surface area is 160 Å². The molecule has 0 aliphatic carbocycles. The molecule has 0 aliphatic heterocycles. The van der Waals surface area contributed by atoms with E-state index in [0.29, 0.717) is 26.5 Å². The van der Waals surface area contributed by atoms with Crippen LogP contribution in [0.5, 0.6) is 5.75 Å². The molecule has 0 fully saturated rings. The number of halogens is 3. The number of amides is 1. The van der Waals surface area contributed by atoms with Gasteiger partial charge in [-0.3, -0.25) is 10.1 Å². The second-order valence-electron chi connectivity index (χ2n) is 4.79. The molecule has 0 bridgehead atoms. The molecule has 1 atom stereocenters. The molecule has 2 N–H and O–H groups in total. The van der Waals surface area contributed by atoms with Gasteiger partial charge in [0.2, 0.25) is 0 Å². The van der Waals surface area contributed by atoms with Gasteiger partial charge in [0, 0.05) is 15.7 Å². The number of hydrogen-bond acceptors (Lipinski definition) is 3. The van der Waals surface area contributed by atoms with Crippen LogP contribution in [0.15, 0.2) is 42.5 Å². The second-order valence-corrected chi connectivity index (χ2v) is 6.48. The van der Waals surface area contributed by atoms with E-state index >= 15 is 0 Å². The number of benzene rings is 2. The Kier molecular flexibility index (Phi) is 6.69. The van der Waals surface area contributed by atoms with E-state index in [4.69, 9.17) is 51.8 Å². The minimum absolute atomic E-state index is 0.139. The zero-order chi connectivity index (χ0) is 17.7. The van der Waals surface area contributed by atoms with Gasteiger partial charge in [-0.25, -0.2) is 0 Å². The lowest BCUT2D eigenvalue weighted by atomic mass is 10.3. The van der Waals surface area contributed by atoms with Gasteiger partial charge in [-0.2, -0.15) is 0 Å². The van der Waals surface area contributed by atoms with Gasteiger partial charge in [0.1, 0.15) is 5.75 Å². The first-order chi connectivity index (χ1) is 11.3. The van der Waals surface area contributed by atoms with Gasteiger partial charge in [0.15, 0.2) is 11.2 Å². The Bertz CT molecular complexity index is 771. The van der Waals surface area contributed by atoms with E-state index in [1.54, 1.807) is 43.3 Å². The van der Waals surface area contributed by atoms with Crippen molar-refractivity contribution in [1.82, 2.24) is 5.32 Å². The monoisotopic (exact) mass is 402 g/mol. The quantitative estimate of drug-likeness (QED) is 0.711. The number of nitrogens with one attached hydrogen (secondary N) is 2. The molecule has 4 nitrogen and oxygen atoms in total. The molecule has 0 aromatic heterocycles. The molecule has 2 aromatic carbocycles. The number of hydrogen-bond donors (Lipinski definition) is 2. The van der Waals surface area contributed by atoms with Gasteiger partial charge >= 0.3 is 0 Å². The summed E-state index contributed by atoms with van der Waals surface area (Å²) in [5, 5.41) is 6.91. The Balaban J connectivity index is 1.92. The Morgan fingerprint density at radius 2 is 1.83 bits per heavy atom. The normalized spacial score (nSPS) is 11.5. The molecule has 126 valence electrons. The van der Waals surface area contributed by atoms with Crippen LogP contribution in [0.3, 0.4) is 0 Å². The first-order valence-electron chi connectivity index (χ1n) is 6.84. The van der Waals surface area contributed by atoms with E-state index in [0.717, 1.165) is 0 Å². The van der Waals surface area contributed by atoms with Gasteiger partial charge in [-0.15, -0.1) is 0 Å². The molecular formula is C16H13Cl3N2O2S. The van der Waals surface area contributed by atoms with E-state index in [1.807, 2.05) is 0 Å². The predicted octanol–water partition coefficient (Wildman–Crippen LogP) is 4.93. The summed E-state index contributed by atoms with van der Waals surface area (Å²) in [4.78, 5) is 12.1. The topological polar surface area (TPSA) is 50.4 Å². The molecule has 0 radical (unpaired) electrons. The molecule has 0 saturated heterocycles. The van der Waals surface area contributed by atoms with Crippen LogP contribution in [0.2, 0.25) is 15.1 Å². The van der Waals surface area contributed by atoms with Crippen molar-refractivity contribution in [3.05, 3.63) is 57.5 Å². The average molecular weight is 404 g/mol. The maximum absolute atomic E-state index is 12.1. The number of rotatable bonds is 4. The minimum Gasteiger partial charge on any atom is -0.479 e. The van der Waals surface area contributed by atoms with Crippen molar-refractivity contribution < 1.29 is 9.53 Å². The third-order valence-corrected chi connectivity index (χ3v) is 3.86. The van der Waals surface area contributed by atoms with Crippen molar-refractivity contribution in [1.29, 1.82) is 0 Å². The lowest BCUT2D eigenvalue weighted by molar-refractivity contribution is -0.125. The third kappa shape index (κ3) is 5.53. The smallest absolute Gasteiger partial charge is 0.266 e. The third-order valence-electron chi connectivity index (χ3n) is 2.89. The van der Waals surface area contributed by atoms with E-state index in [9.17, 15) is 4.79 Å². The summed E-state index contributed by atoms with van der Waals surface area (Å²) in [6.07, 6.45) is -0.803. The molecule has 2 aromatic rings. The van der Waals surface area contributed by atoms with Crippen LogP contribution in [-0.2, 0) is 4.79 Å². The highest BCUT2D eigenvalue weighted by Crippen LogP contribution is 2.28. The van der Waals surface area contributed by atoms with Gasteiger partial charge in [0.05, 0.1) is 5.02 Å². The van der Waals surface area contributed by atoms with Crippen molar-refractivity contribution in [3.8, 4) is 5.75 Å². The highest BCUT2D eigenvalue weighted by Gasteiger charge is 2.17. The minimum atomic E-state index is -0.803. The fraction of sp³-hybridized carbons (Fsp3) is 0.125. The van der Waals surface area contributed by atoms with Crippen molar-refractivity contribution >= 4 is 63.7 Å². The first kappa shape index (κ1) is 18.8. The van der Waals surface area contributed by atoms with Crippen LogP contribution >= 0.6 is 47.0 Å². The number of carbonyl (C=O) groups is 1. The summed E-state index contributed by atoms with van der Waals surface area (Å²) in [6.45, 7) is 1.59. The maximum Gasteiger partial charge on any atom is 0.266 e. The Hall–Kier alpha value is -1.53. The summed E-state index contributed by atoms with van der Waals surface area (Å²) >= 11 is 22.8. The maximum atomic E-state index is 12.1. The Morgan fingerprint density at radius 1 is 1.12 bits per heavy atom. The van der Waals surface area contributed by atoms with Gasteiger partial charge < -0.3 is 10.1 Å². The van der Waals surface area contributed by atoms with Crippen LogP contribution in [0.4, 0.5) is 5.69 Å². The number of carbonyl (C=O) groups excluding carboxylic acids is 1. The fourth-order valence-electron chi connectivity index (χ4n) is 1.76. The summed E-state index contributed by atoms with van der Waals surface area (Å²) in [5.74, 6) is -0.0574. The van der Waals surface area contributed by atoms with Crippen molar-refractivity contribution in [3.63, 3.8) is 0 Å². The van der Waals surface area contributed by atoms with E-state index < -0.39 is 12.0 Å². The SMILES string of the molecule is CC(Oc1ccc(Cl)cc1Cl)C(=O)NC(=S)Nc1cccc(Cl)c1. The van der Waals surface area contributed by atoms with E-state index in [1.165, 1.54) is 6.07 Å². The number of anilines is 1. The molecule has 8 heteroatoms. The molecule has 0 saturated carbocycles. The molecule has 0 heterocycles. The molecular weight excluding hydrogens is 391 g/mol. The summed E-state index contributed by atoms with van der Waals surface area (Å²) < 4.78 is 5.52. The zero-order valence-corrected chi connectivity index (χ0v) is 15.6. The van der Waals surface area contributed by atoms with Crippen molar-refractivity contribution in [2.24, 2.45) is 0 Å². The summed E-state index contributed by atoms with van der Waals surface area (Å²) in [5.41, 5.74) is 0.669. The van der Waals surface area contributed by atoms with E-state index in [-0.39, 0.29) is 5.11 Å². The van der Waals surface area contributed by atoms with Crippen LogP contribution in [-0.4, -0.2) is 17.1 Å². The molecule has 1 unspecified atom stereocenters. The van der Waals surface area contributed by atoms with Gasteiger partial charge in [-0.05, 0) is 55.5 Å². The fourth-order valence-corrected chi connectivity index (χ4v) is 2.62. The van der Waals surface area contributed by atoms with Crippen LogP contribution in [0, 0.1) is 0 Å². The summed E-state index contributed by atoms with van der Waals surface area (Å²) in [6, 6.07) is 11.7. The standard InChI is InChI=1S/C16H13Cl3N2O2S/c1-9(23-14-6-5-11(18)8-13(14)19)15(22)21-16(24)20-12-4-2-3-10(17)7-12/h2-9H,1H3,(H2,20,21,22,24). The van der Waals surface area contributed by atoms with Crippen LogP contribution in [0.1, 0.15) is 6.92 Å². The largest absolute Gasteiger partial charge is 0.479 e. The highest BCUT2D eigenvalue weighted by molar-refractivity contribution is 7.80. The first-order valence-corrected chi connectivity index (χ1v) is 8.38. The van der Waals surface area contributed by atoms with Gasteiger partial charge in [0.25, 0.3) is 5.91 Å². The lowest BCUT2D eigenvalue weighted by Gasteiger charge is -2.16. The molecule has 0 spiro atoms.